The van der Waals surface area contributed by atoms with Crippen LogP contribution in [0.25, 0.3) is 0 Å². The van der Waals surface area contributed by atoms with Crippen LogP contribution in [0.15, 0.2) is 24.3 Å². The number of hydrogen-bond donors (Lipinski definition) is 0. The van der Waals surface area contributed by atoms with E-state index in [1.165, 1.54) is 32.2 Å². The minimum atomic E-state index is -4.47. The fourth-order valence-electron chi connectivity index (χ4n) is 1.43. The van der Waals surface area contributed by atoms with Crippen LogP contribution in [-0.4, -0.2) is 25.9 Å². The Balaban J connectivity index is 3.10. The highest BCUT2D eigenvalue weighted by Crippen LogP contribution is 2.28. The van der Waals surface area contributed by atoms with E-state index < -0.39 is 12.3 Å². The first-order valence-electron chi connectivity index (χ1n) is 4.93. The Morgan fingerprint density at radius 3 is 2.53 bits per heavy atom. The molecule has 17 heavy (non-hydrogen) atoms. The zero-order valence-electron chi connectivity index (χ0n) is 9.41. The molecule has 0 saturated heterocycles. The van der Waals surface area contributed by atoms with Crippen molar-refractivity contribution in [2.75, 3.05) is 18.6 Å². The number of methoxy groups -OCH3 is 1. The van der Waals surface area contributed by atoms with Gasteiger partial charge in [-0.05, 0) is 25.1 Å². The Bertz CT molecular complexity index is 404. The molecule has 0 heterocycles. The SMILES string of the molecule is CCN(c1cccc(C(=O)OC)c1)C(F)(F)F. The molecule has 0 spiro atoms. The molecular formula is C11H12F3NO2. The molecule has 1 aromatic rings. The molecule has 1 aromatic carbocycles. The molecule has 1 rings (SSSR count). The van der Waals surface area contributed by atoms with E-state index in [0.717, 1.165) is 6.07 Å². The maximum Gasteiger partial charge on any atom is 0.484 e. The second kappa shape index (κ2) is 5.07. The molecule has 3 nitrogen and oxygen atoms in total. The summed E-state index contributed by atoms with van der Waals surface area (Å²) in [6.07, 6.45) is -4.47. The van der Waals surface area contributed by atoms with Gasteiger partial charge >= 0.3 is 12.3 Å². The Morgan fingerprint density at radius 1 is 1.41 bits per heavy atom. The summed E-state index contributed by atoms with van der Waals surface area (Å²) >= 11 is 0. The van der Waals surface area contributed by atoms with Gasteiger partial charge in [-0.3, -0.25) is 4.90 Å². The maximum atomic E-state index is 12.6. The number of anilines is 1. The Hall–Kier alpha value is -1.72. The first kappa shape index (κ1) is 13.3. The first-order valence-corrected chi connectivity index (χ1v) is 4.93. The summed E-state index contributed by atoms with van der Waals surface area (Å²) in [5.41, 5.74) is 0.00981. The molecule has 0 unspecified atom stereocenters. The van der Waals surface area contributed by atoms with Gasteiger partial charge in [-0.25, -0.2) is 4.79 Å². The van der Waals surface area contributed by atoms with Crippen molar-refractivity contribution in [2.24, 2.45) is 0 Å². The summed E-state index contributed by atoms with van der Waals surface area (Å²) in [4.78, 5) is 11.5. The summed E-state index contributed by atoms with van der Waals surface area (Å²) in [5, 5.41) is 0. The summed E-state index contributed by atoms with van der Waals surface area (Å²) in [7, 11) is 1.18. The number of halogens is 3. The molecular weight excluding hydrogens is 235 g/mol. The maximum absolute atomic E-state index is 12.6. The Morgan fingerprint density at radius 2 is 2.06 bits per heavy atom. The van der Waals surface area contributed by atoms with Crippen LogP contribution in [0.1, 0.15) is 17.3 Å². The zero-order chi connectivity index (χ0) is 13.1. The third-order valence-electron chi connectivity index (χ3n) is 2.20. The van der Waals surface area contributed by atoms with Gasteiger partial charge in [-0.2, -0.15) is 13.2 Å². The van der Waals surface area contributed by atoms with Crippen LogP contribution < -0.4 is 4.90 Å². The van der Waals surface area contributed by atoms with Gasteiger partial charge in [0, 0.05) is 12.2 Å². The fourth-order valence-corrected chi connectivity index (χ4v) is 1.43. The number of alkyl halides is 3. The number of hydrogen-bond acceptors (Lipinski definition) is 3. The average molecular weight is 247 g/mol. The summed E-state index contributed by atoms with van der Waals surface area (Å²) in [6, 6.07) is 5.24. The van der Waals surface area contributed by atoms with Gasteiger partial charge in [0.25, 0.3) is 0 Å². The van der Waals surface area contributed by atoms with Crippen LogP contribution in [0.3, 0.4) is 0 Å². The average Bonchev–Trinajstić information content (AvgIpc) is 2.27. The van der Waals surface area contributed by atoms with Gasteiger partial charge in [0.2, 0.25) is 0 Å². The number of carbonyl (C=O) groups excluding carboxylic acids is 1. The second-order valence-electron chi connectivity index (χ2n) is 3.25. The van der Waals surface area contributed by atoms with E-state index in [9.17, 15) is 18.0 Å². The summed E-state index contributed by atoms with van der Waals surface area (Å²) < 4.78 is 42.3. The number of nitrogens with zero attached hydrogens (tertiary/aromatic N) is 1. The summed E-state index contributed by atoms with van der Waals surface area (Å²) in [5.74, 6) is -0.662. The van der Waals surface area contributed by atoms with E-state index in [1.54, 1.807) is 0 Å². The van der Waals surface area contributed by atoms with Gasteiger partial charge in [-0.15, -0.1) is 0 Å². The van der Waals surface area contributed by atoms with Gasteiger partial charge in [0.15, 0.2) is 0 Å². The fraction of sp³-hybridized carbons (Fsp3) is 0.364. The summed E-state index contributed by atoms with van der Waals surface area (Å²) in [6.45, 7) is 1.16. The largest absolute Gasteiger partial charge is 0.484 e. The lowest BCUT2D eigenvalue weighted by Gasteiger charge is -2.25. The number of rotatable bonds is 3. The highest BCUT2D eigenvalue weighted by Gasteiger charge is 2.36. The van der Waals surface area contributed by atoms with Crippen LogP contribution in [0.5, 0.6) is 0 Å². The predicted octanol–water partition coefficient (Wildman–Crippen LogP) is 2.82. The van der Waals surface area contributed by atoms with E-state index in [-0.39, 0.29) is 22.7 Å². The van der Waals surface area contributed by atoms with Crippen molar-refractivity contribution in [3.05, 3.63) is 29.8 Å². The van der Waals surface area contributed by atoms with Crippen molar-refractivity contribution < 1.29 is 22.7 Å². The lowest BCUT2D eigenvalue weighted by molar-refractivity contribution is -0.128. The standard InChI is InChI=1S/C11H12F3NO2/c1-3-15(11(12,13)14)9-6-4-5-8(7-9)10(16)17-2/h4-7H,3H2,1-2H3. The van der Waals surface area contributed by atoms with E-state index in [1.807, 2.05) is 0 Å². The van der Waals surface area contributed by atoms with Crippen LogP contribution >= 0.6 is 0 Å². The highest BCUT2D eigenvalue weighted by molar-refractivity contribution is 5.90. The minimum absolute atomic E-state index is 0.0806. The minimum Gasteiger partial charge on any atom is -0.465 e. The number of esters is 1. The molecule has 0 fully saturated rings. The second-order valence-corrected chi connectivity index (χ2v) is 3.25. The first-order chi connectivity index (χ1) is 7.90. The van der Waals surface area contributed by atoms with Crippen molar-refractivity contribution in [2.45, 2.75) is 13.2 Å². The molecule has 0 aromatic heterocycles. The van der Waals surface area contributed by atoms with Gasteiger partial charge in [0.05, 0.1) is 12.7 Å². The van der Waals surface area contributed by atoms with Crippen molar-refractivity contribution in [1.29, 1.82) is 0 Å². The van der Waals surface area contributed by atoms with Gasteiger partial charge < -0.3 is 4.74 Å². The van der Waals surface area contributed by atoms with Gasteiger partial charge in [-0.1, -0.05) is 6.07 Å². The molecule has 0 bridgehead atoms. The Kier molecular flexibility index (Phi) is 3.98. The van der Waals surface area contributed by atoms with Gasteiger partial charge in [0.1, 0.15) is 0 Å². The van der Waals surface area contributed by atoms with Crippen molar-refractivity contribution >= 4 is 11.7 Å². The van der Waals surface area contributed by atoms with E-state index in [2.05, 4.69) is 4.74 Å². The quantitative estimate of drug-likeness (QED) is 0.607. The third-order valence-corrected chi connectivity index (χ3v) is 2.20. The molecule has 0 atom stereocenters. The van der Waals surface area contributed by atoms with Crippen molar-refractivity contribution in [1.82, 2.24) is 0 Å². The smallest absolute Gasteiger partial charge is 0.465 e. The van der Waals surface area contributed by atoms with Crippen LogP contribution in [0.2, 0.25) is 0 Å². The van der Waals surface area contributed by atoms with E-state index >= 15 is 0 Å². The molecule has 0 N–H and O–H groups in total. The van der Waals surface area contributed by atoms with E-state index in [0.29, 0.717) is 0 Å². The highest BCUT2D eigenvalue weighted by atomic mass is 19.4. The van der Waals surface area contributed by atoms with Crippen LogP contribution in [0.4, 0.5) is 18.9 Å². The number of carbonyl (C=O) groups is 1. The zero-order valence-corrected chi connectivity index (χ0v) is 9.41. The number of ether oxygens (including phenoxy) is 1. The van der Waals surface area contributed by atoms with Crippen LogP contribution in [-0.2, 0) is 4.74 Å². The molecule has 0 radical (unpaired) electrons. The molecule has 94 valence electrons. The predicted molar refractivity (Wildman–Crippen MR) is 56.9 cm³/mol. The molecule has 0 saturated carbocycles. The van der Waals surface area contributed by atoms with Crippen molar-refractivity contribution in [3.8, 4) is 0 Å². The number of benzene rings is 1. The monoisotopic (exact) mass is 247 g/mol. The lowest BCUT2D eigenvalue weighted by atomic mass is 10.2. The molecule has 0 amide bonds. The van der Waals surface area contributed by atoms with Crippen LogP contribution in [0, 0.1) is 0 Å². The third kappa shape index (κ3) is 3.12. The normalized spacial score (nSPS) is 11.1. The topological polar surface area (TPSA) is 29.5 Å². The molecule has 0 aliphatic rings. The van der Waals surface area contributed by atoms with E-state index in [4.69, 9.17) is 0 Å². The molecule has 0 aliphatic heterocycles. The van der Waals surface area contributed by atoms with Crippen molar-refractivity contribution in [3.63, 3.8) is 0 Å². The lowest BCUT2D eigenvalue weighted by Crippen LogP contribution is -2.37. The molecule has 0 aliphatic carbocycles. The molecule has 6 heteroatoms. The Labute approximate surface area is 96.8 Å².